The first kappa shape index (κ1) is 14.8. The zero-order valence-corrected chi connectivity index (χ0v) is 12.2. The molecular formula is C17H26O. The Morgan fingerprint density at radius 1 is 1.28 bits per heavy atom. The summed E-state index contributed by atoms with van der Waals surface area (Å²) in [7, 11) is 0. The van der Waals surface area contributed by atoms with Crippen LogP contribution in [0.1, 0.15) is 44.7 Å². The van der Waals surface area contributed by atoms with Gasteiger partial charge in [-0.05, 0) is 55.4 Å². The van der Waals surface area contributed by atoms with Crippen LogP contribution in [0.3, 0.4) is 0 Å². The van der Waals surface area contributed by atoms with E-state index in [-0.39, 0.29) is 0 Å². The van der Waals surface area contributed by atoms with Crippen molar-refractivity contribution in [1.82, 2.24) is 0 Å². The van der Waals surface area contributed by atoms with Gasteiger partial charge in [0.2, 0.25) is 0 Å². The van der Waals surface area contributed by atoms with E-state index in [0.717, 1.165) is 31.6 Å². The molecule has 0 radical (unpaired) electrons. The molecular weight excluding hydrogens is 220 g/mol. The molecule has 0 heterocycles. The molecule has 0 spiro atoms. The summed E-state index contributed by atoms with van der Waals surface area (Å²) >= 11 is 0. The lowest BCUT2D eigenvalue weighted by atomic mass is 9.97. The zero-order valence-electron chi connectivity index (χ0n) is 12.2. The molecule has 0 bridgehead atoms. The molecule has 0 saturated heterocycles. The van der Waals surface area contributed by atoms with Crippen molar-refractivity contribution in [1.29, 1.82) is 0 Å². The second-order valence-corrected chi connectivity index (χ2v) is 4.95. The lowest BCUT2D eigenvalue weighted by Gasteiger charge is -2.12. The van der Waals surface area contributed by atoms with Gasteiger partial charge in [0.1, 0.15) is 5.75 Å². The summed E-state index contributed by atoms with van der Waals surface area (Å²) in [4.78, 5) is 0. The molecule has 0 amide bonds. The first-order chi connectivity index (χ1) is 8.67. The van der Waals surface area contributed by atoms with Crippen molar-refractivity contribution < 1.29 is 4.74 Å². The van der Waals surface area contributed by atoms with Crippen molar-refractivity contribution in [2.45, 2.75) is 47.0 Å². The Hall–Kier alpha value is -1.24. The van der Waals surface area contributed by atoms with E-state index in [9.17, 15) is 0 Å². The Bertz CT molecular complexity index is 379. The van der Waals surface area contributed by atoms with Gasteiger partial charge in [-0.3, -0.25) is 0 Å². The monoisotopic (exact) mass is 246 g/mol. The van der Waals surface area contributed by atoms with E-state index in [1.165, 1.54) is 11.1 Å². The van der Waals surface area contributed by atoms with Crippen molar-refractivity contribution in [2.75, 3.05) is 6.61 Å². The number of hydrogen-bond acceptors (Lipinski definition) is 1. The Balaban J connectivity index is 2.64. The van der Waals surface area contributed by atoms with Crippen molar-refractivity contribution in [3.63, 3.8) is 0 Å². The molecule has 1 atom stereocenters. The van der Waals surface area contributed by atoms with Gasteiger partial charge in [0.05, 0.1) is 6.61 Å². The lowest BCUT2D eigenvalue weighted by Crippen LogP contribution is -2.00. The maximum Gasteiger partial charge on any atom is 0.119 e. The molecule has 0 aliphatic carbocycles. The molecule has 1 nitrogen and oxygen atoms in total. The van der Waals surface area contributed by atoms with E-state index in [1.807, 2.05) is 0 Å². The van der Waals surface area contributed by atoms with E-state index < -0.39 is 0 Å². The van der Waals surface area contributed by atoms with Crippen LogP contribution in [0.25, 0.3) is 0 Å². The molecule has 100 valence electrons. The largest absolute Gasteiger partial charge is 0.494 e. The van der Waals surface area contributed by atoms with Gasteiger partial charge in [-0.1, -0.05) is 39.0 Å². The SMILES string of the molecule is CC/C=C\C(C)Cc1ccc(OCCC)cc1C. The van der Waals surface area contributed by atoms with Gasteiger partial charge < -0.3 is 4.74 Å². The standard InChI is InChI=1S/C17H26O/c1-5-7-8-14(3)12-16-9-10-17(13-15(16)4)18-11-6-2/h7-10,13-14H,5-6,11-12H2,1-4H3/b8-7-. The quantitative estimate of drug-likeness (QED) is 0.620. The average Bonchev–Trinajstić information content (AvgIpc) is 2.36. The Labute approximate surface area is 112 Å². The third-order valence-corrected chi connectivity index (χ3v) is 3.03. The van der Waals surface area contributed by atoms with E-state index >= 15 is 0 Å². The summed E-state index contributed by atoms with van der Waals surface area (Å²) in [6, 6.07) is 6.45. The number of aryl methyl sites for hydroxylation is 1. The molecule has 1 unspecified atom stereocenters. The first-order valence-corrected chi connectivity index (χ1v) is 7.06. The predicted molar refractivity (Wildman–Crippen MR) is 79.3 cm³/mol. The van der Waals surface area contributed by atoms with Crippen LogP contribution in [-0.2, 0) is 6.42 Å². The minimum atomic E-state index is 0.603. The van der Waals surface area contributed by atoms with Gasteiger partial charge in [-0.25, -0.2) is 0 Å². The Morgan fingerprint density at radius 2 is 2.06 bits per heavy atom. The number of hydrogen-bond donors (Lipinski definition) is 0. The van der Waals surface area contributed by atoms with Crippen LogP contribution < -0.4 is 4.74 Å². The first-order valence-electron chi connectivity index (χ1n) is 7.06. The zero-order chi connectivity index (χ0) is 13.4. The fraction of sp³-hybridized carbons (Fsp3) is 0.529. The predicted octanol–water partition coefficient (Wildman–Crippen LogP) is 4.93. The number of benzene rings is 1. The Morgan fingerprint density at radius 3 is 2.67 bits per heavy atom. The topological polar surface area (TPSA) is 9.23 Å². The van der Waals surface area contributed by atoms with Gasteiger partial charge in [0.25, 0.3) is 0 Å². The van der Waals surface area contributed by atoms with Gasteiger partial charge in [0.15, 0.2) is 0 Å². The second-order valence-electron chi connectivity index (χ2n) is 4.95. The summed E-state index contributed by atoms with van der Waals surface area (Å²) < 4.78 is 5.65. The molecule has 0 fully saturated rings. The number of allylic oxidation sites excluding steroid dienone is 2. The van der Waals surface area contributed by atoms with Gasteiger partial charge in [-0.15, -0.1) is 0 Å². The Kier molecular flexibility index (Phi) is 6.56. The van der Waals surface area contributed by atoms with Gasteiger partial charge in [0, 0.05) is 0 Å². The summed E-state index contributed by atoms with van der Waals surface area (Å²) in [5.41, 5.74) is 2.76. The summed E-state index contributed by atoms with van der Waals surface area (Å²) in [5.74, 6) is 1.60. The molecule has 18 heavy (non-hydrogen) atoms. The van der Waals surface area contributed by atoms with Gasteiger partial charge >= 0.3 is 0 Å². The fourth-order valence-corrected chi connectivity index (χ4v) is 1.99. The highest BCUT2D eigenvalue weighted by Crippen LogP contribution is 2.20. The van der Waals surface area contributed by atoms with Gasteiger partial charge in [-0.2, -0.15) is 0 Å². The molecule has 0 aliphatic rings. The van der Waals surface area contributed by atoms with Crippen LogP contribution >= 0.6 is 0 Å². The smallest absolute Gasteiger partial charge is 0.119 e. The normalized spacial score (nSPS) is 12.9. The summed E-state index contributed by atoms with van der Waals surface area (Å²) in [5, 5.41) is 0. The van der Waals surface area contributed by atoms with E-state index in [4.69, 9.17) is 4.74 Å². The van der Waals surface area contributed by atoms with E-state index in [2.05, 4.69) is 58.0 Å². The molecule has 0 saturated carbocycles. The minimum absolute atomic E-state index is 0.603. The highest BCUT2D eigenvalue weighted by molar-refractivity contribution is 5.35. The lowest BCUT2D eigenvalue weighted by molar-refractivity contribution is 0.317. The average molecular weight is 246 g/mol. The van der Waals surface area contributed by atoms with E-state index in [0.29, 0.717) is 5.92 Å². The molecule has 1 aromatic carbocycles. The molecule has 0 aliphatic heterocycles. The molecule has 0 aromatic heterocycles. The van der Waals surface area contributed by atoms with Crippen molar-refractivity contribution in [3.8, 4) is 5.75 Å². The summed E-state index contributed by atoms with van der Waals surface area (Å²) in [6.45, 7) is 9.54. The highest BCUT2D eigenvalue weighted by Gasteiger charge is 2.04. The van der Waals surface area contributed by atoms with Crippen LogP contribution in [0.5, 0.6) is 5.75 Å². The molecule has 0 N–H and O–H groups in total. The maximum absolute atomic E-state index is 5.65. The molecule has 1 heteroatoms. The third kappa shape index (κ3) is 4.95. The maximum atomic E-state index is 5.65. The van der Waals surface area contributed by atoms with Crippen molar-refractivity contribution >= 4 is 0 Å². The van der Waals surface area contributed by atoms with Crippen LogP contribution in [0.2, 0.25) is 0 Å². The number of ether oxygens (including phenoxy) is 1. The van der Waals surface area contributed by atoms with E-state index in [1.54, 1.807) is 0 Å². The summed E-state index contributed by atoms with van der Waals surface area (Å²) in [6.07, 6.45) is 7.84. The highest BCUT2D eigenvalue weighted by atomic mass is 16.5. The third-order valence-electron chi connectivity index (χ3n) is 3.03. The molecule has 1 rings (SSSR count). The van der Waals surface area contributed by atoms with Crippen molar-refractivity contribution in [2.24, 2.45) is 5.92 Å². The minimum Gasteiger partial charge on any atom is -0.494 e. The molecule has 1 aromatic rings. The van der Waals surface area contributed by atoms with Crippen LogP contribution in [-0.4, -0.2) is 6.61 Å². The second kappa shape index (κ2) is 7.97. The van der Waals surface area contributed by atoms with Crippen LogP contribution in [0, 0.1) is 12.8 Å². The van der Waals surface area contributed by atoms with Crippen LogP contribution in [0.15, 0.2) is 30.4 Å². The number of rotatable bonds is 7. The van der Waals surface area contributed by atoms with Crippen molar-refractivity contribution in [3.05, 3.63) is 41.5 Å². The fourth-order valence-electron chi connectivity index (χ4n) is 1.99. The van der Waals surface area contributed by atoms with Crippen LogP contribution in [0.4, 0.5) is 0 Å².